The van der Waals surface area contributed by atoms with Gasteiger partial charge in [-0.3, -0.25) is 0 Å². The highest BCUT2D eigenvalue weighted by Crippen LogP contribution is 2.54. The van der Waals surface area contributed by atoms with E-state index in [2.05, 4.69) is 173 Å². The van der Waals surface area contributed by atoms with Crippen molar-refractivity contribution >= 4 is 32.3 Å². The lowest BCUT2D eigenvalue weighted by Crippen LogP contribution is -2.14. The van der Waals surface area contributed by atoms with Crippen molar-refractivity contribution in [3.8, 4) is 44.5 Å². The molecule has 0 fully saturated rings. The summed E-state index contributed by atoms with van der Waals surface area (Å²) in [6.45, 7) is 9.19. The van der Waals surface area contributed by atoms with E-state index in [1.165, 1.54) is 99.1 Å². The molecular weight excluding hydrogens is 565 g/mol. The van der Waals surface area contributed by atoms with Crippen molar-refractivity contribution in [1.82, 2.24) is 0 Å². The van der Waals surface area contributed by atoms with Gasteiger partial charge in [0.05, 0.1) is 0 Å². The molecule has 0 radical (unpaired) electrons. The lowest BCUT2D eigenvalue weighted by molar-refractivity contribution is 0.660. The van der Waals surface area contributed by atoms with Gasteiger partial charge in [-0.05, 0) is 113 Å². The Bertz CT molecular complexity index is 2560. The molecule has 0 heterocycles. The van der Waals surface area contributed by atoms with E-state index in [0.717, 1.165) is 0 Å². The Labute approximate surface area is 277 Å². The second-order valence-corrected chi connectivity index (χ2v) is 13.8. The normalized spacial score (nSPS) is 13.3. The Morgan fingerprint density at radius 2 is 0.979 bits per heavy atom. The minimum absolute atomic E-state index is 0.0688. The third-order valence-corrected chi connectivity index (χ3v) is 10.7. The van der Waals surface area contributed by atoms with E-state index in [1.54, 1.807) is 0 Å². The third-order valence-electron chi connectivity index (χ3n) is 10.7. The van der Waals surface area contributed by atoms with E-state index in [4.69, 9.17) is 0 Å². The fourth-order valence-corrected chi connectivity index (χ4v) is 8.46. The first-order valence-electron chi connectivity index (χ1n) is 16.7. The van der Waals surface area contributed by atoms with Gasteiger partial charge in [0, 0.05) is 5.41 Å². The van der Waals surface area contributed by atoms with Gasteiger partial charge in [-0.15, -0.1) is 0 Å². The van der Waals surface area contributed by atoms with Crippen LogP contribution >= 0.6 is 0 Å². The average Bonchev–Trinajstić information content (AvgIpc) is 3.33. The molecule has 0 nitrogen and oxygen atoms in total. The van der Waals surface area contributed by atoms with Crippen molar-refractivity contribution in [3.63, 3.8) is 0 Å². The molecule has 0 atom stereocenters. The summed E-state index contributed by atoms with van der Waals surface area (Å²) in [6.07, 6.45) is 0. The highest BCUT2D eigenvalue weighted by molar-refractivity contribution is 6.23. The van der Waals surface area contributed by atoms with Gasteiger partial charge in [0.1, 0.15) is 0 Å². The number of fused-ring (bicyclic) bond motifs is 6. The van der Waals surface area contributed by atoms with E-state index < -0.39 is 0 Å². The largest absolute Gasteiger partial charge is 0.0619 e. The number of rotatable bonds is 3. The molecule has 0 unspecified atom stereocenters. The highest BCUT2D eigenvalue weighted by Gasteiger charge is 2.37. The van der Waals surface area contributed by atoms with E-state index in [9.17, 15) is 0 Å². The van der Waals surface area contributed by atoms with Crippen LogP contribution < -0.4 is 0 Å². The van der Waals surface area contributed by atoms with Crippen molar-refractivity contribution in [2.24, 2.45) is 0 Å². The second-order valence-electron chi connectivity index (χ2n) is 13.8. The SMILES string of the molecule is Cc1ccc(-c2c3ccccc3c(-c3cccc4c3-c3ccccc3C4(C)C)c3cc(-c4cccc5ccccc45)ccc23)c(C)c1. The van der Waals surface area contributed by atoms with Crippen molar-refractivity contribution in [3.05, 3.63) is 168 Å². The molecule has 1 aliphatic rings. The Morgan fingerprint density at radius 3 is 1.79 bits per heavy atom. The second kappa shape index (κ2) is 10.3. The lowest BCUT2D eigenvalue weighted by atomic mass is 9.80. The molecule has 0 amide bonds. The van der Waals surface area contributed by atoms with Crippen LogP contribution in [-0.2, 0) is 5.41 Å². The first-order valence-corrected chi connectivity index (χ1v) is 16.7. The molecule has 0 bridgehead atoms. The Kier molecular flexibility index (Phi) is 6.08. The summed E-state index contributed by atoms with van der Waals surface area (Å²) < 4.78 is 0. The summed E-state index contributed by atoms with van der Waals surface area (Å²) in [4.78, 5) is 0. The minimum atomic E-state index is -0.0688. The Morgan fingerprint density at radius 1 is 0.383 bits per heavy atom. The van der Waals surface area contributed by atoms with Crippen LogP contribution in [0.4, 0.5) is 0 Å². The van der Waals surface area contributed by atoms with Crippen LogP contribution in [0.5, 0.6) is 0 Å². The van der Waals surface area contributed by atoms with Crippen LogP contribution in [0.3, 0.4) is 0 Å². The van der Waals surface area contributed by atoms with E-state index in [0.29, 0.717) is 0 Å². The zero-order valence-electron chi connectivity index (χ0n) is 27.4. The molecule has 47 heavy (non-hydrogen) atoms. The van der Waals surface area contributed by atoms with Gasteiger partial charge in [0.15, 0.2) is 0 Å². The Hall–Kier alpha value is -5.46. The molecule has 0 heteroatoms. The van der Waals surface area contributed by atoms with Crippen LogP contribution in [0, 0.1) is 13.8 Å². The third kappa shape index (κ3) is 4.08. The number of hydrogen-bond acceptors (Lipinski definition) is 0. The molecule has 9 rings (SSSR count). The summed E-state index contributed by atoms with van der Waals surface area (Å²) in [6, 6.07) is 54.6. The number of aryl methyl sites for hydroxylation is 2. The van der Waals surface area contributed by atoms with Crippen LogP contribution in [0.1, 0.15) is 36.1 Å². The average molecular weight is 601 g/mol. The van der Waals surface area contributed by atoms with Crippen molar-refractivity contribution in [2.75, 3.05) is 0 Å². The van der Waals surface area contributed by atoms with Gasteiger partial charge >= 0.3 is 0 Å². The van der Waals surface area contributed by atoms with E-state index in [1.807, 2.05) is 0 Å². The van der Waals surface area contributed by atoms with Crippen LogP contribution in [-0.4, -0.2) is 0 Å². The summed E-state index contributed by atoms with van der Waals surface area (Å²) in [5.41, 5.74) is 15.8. The topological polar surface area (TPSA) is 0 Å². The predicted molar refractivity (Wildman–Crippen MR) is 202 cm³/mol. The van der Waals surface area contributed by atoms with E-state index >= 15 is 0 Å². The maximum absolute atomic E-state index is 2.47. The molecule has 0 spiro atoms. The van der Waals surface area contributed by atoms with Gasteiger partial charge in [0.25, 0.3) is 0 Å². The molecule has 1 aliphatic carbocycles. The summed E-state index contributed by atoms with van der Waals surface area (Å²) >= 11 is 0. The van der Waals surface area contributed by atoms with Gasteiger partial charge in [0.2, 0.25) is 0 Å². The molecule has 8 aromatic rings. The molecule has 0 N–H and O–H groups in total. The van der Waals surface area contributed by atoms with Crippen LogP contribution in [0.25, 0.3) is 76.8 Å². The summed E-state index contributed by atoms with van der Waals surface area (Å²) in [5, 5.41) is 7.71. The van der Waals surface area contributed by atoms with Crippen molar-refractivity contribution in [1.29, 1.82) is 0 Å². The first-order chi connectivity index (χ1) is 22.9. The molecular formula is C47H36. The molecule has 0 aliphatic heterocycles. The van der Waals surface area contributed by atoms with Gasteiger partial charge < -0.3 is 0 Å². The lowest BCUT2D eigenvalue weighted by Gasteiger charge is -2.23. The summed E-state index contributed by atoms with van der Waals surface area (Å²) in [5.74, 6) is 0. The molecule has 224 valence electrons. The quantitative estimate of drug-likeness (QED) is 0.177. The van der Waals surface area contributed by atoms with Crippen molar-refractivity contribution in [2.45, 2.75) is 33.1 Å². The Balaban J connectivity index is 1.46. The molecule has 8 aromatic carbocycles. The fourth-order valence-electron chi connectivity index (χ4n) is 8.46. The summed E-state index contributed by atoms with van der Waals surface area (Å²) in [7, 11) is 0. The monoisotopic (exact) mass is 600 g/mol. The minimum Gasteiger partial charge on any atom is -0.0619 e. The molecule has 0 saturated carbocycles. The standard InChI is InChI=1S/C47H36/c1-29-23-25-33(30(2)27-29)44-36-16-7-8-17-37(36)45(40-20-12-22-43-46(40)39-18-9-10-21-42(39)47(43,3)4)41-28-32(24-26-38(41)44)35-19-11-14-31-13-5-6-15-34(31)35/h5-28H,1-4H3. The number of benzene rings is 8. The highest BCUT2D eigenvalue weighted by atomic mass is 14.4. The molecule has 0 saturated heterocycles. The van der Waals surface area contributed by atoms with Crippen LogP contribution in [0.2, 0.25) is 0 Å². The van der Waals surface area contributed by atoms with Gasteiger partial charge in [-0.25, -0.2) is 0 Å². The maximum atomic E-state index is 2.47. The predicted octanol–water partition coefficient (Wildman–Crippen LogP) is 13.1. The number of hydrogen-bond donors (Lipinski definition) is 0. The molecule has 0 aromatic heterocycles. The zero-order chi connectivity index (χ0) is 31.9. The van der Waals surface area contributed by atoms with E-state index in [-0.39, 0.29) is 5.41 Å². The van der Waals surface area contributed by atoms with Crippen molar-refractivity contribution < 1.29 is 0 Å². The van der Waals surface area contributed by atoms with Gasteiger partial charge in [-0.1, -0.05) is 159 Å². The van der Waals surface area contributed by atoms with Gasteiger partial charge in [-0.2, -0.15) is 0 Å². The zero-order valence-corrected chi connectivity index (χ0v) is 27.4. The maximum Gasteiger partial charge on any atom is 0.0159 e. The smallest absolute Gasteiger partial charge is 0.0159 e. The van der Waals surface area contributed by atoms with Crippen LogP contribution in [0.15, 0.2) is 146 Å². The first kappa shape index (κ1) is 27.8. The fraction of sp³-hybridized carbons (Fsp3) is 0.106.